The Kier molecular flexibility index (Phi) is 4.74. The summed E-state index contributed by atoms with van der Waals surface area (Å²) in [7, 11) is 1.16. The fourth-order valence-corrected chi connectivity index (χ4v) is 1.80. The third-order valence-electron chi connectivity index (χ3n) is 3.43. The second-order valence-electron chi connectivity index (χ2n) is 5.42. The molecule has 0 saturated heterocycles. The number of esters is 1. The summed E-state index contributed by atoms with van der Waals surface area (Å²) in [6.45, 7) is 4.71. The van der Waals surface area contributed by atoms with E-state index in [0.717, 1.165) is 13.5 Å². The zero-order valence-corrected chi connectivity index (χ0v) is 11.4. The smallest absolute Gasteiger partial charge is 0.326 e. The highest BCUT2D eigenvalue weighted by Crippen LogP contribution is 2.50. The standard InChI is InChI=1S/C12H20N2O5/c1-12(2)5-7(12)6-13-11(18)14-8(10(16)17)4-9(15)19-3/h7-8H,4-6H2,1-3H3,(H,16,17)(H2,13,14,18)/t7?,8-/m0/s1. The van der Waals surface area contributed by atoms with Crippen LogP contribution in [0.2, 0.25) is 0 Å². The van der Waals surface area contributed by atoms with Crippen molar-refractivity contribution in [2.45, 2.75) is 32.7 Å². The number of carboxylic acid groups (broad SMARTS) is 1. The van der Waals surface area contributed by atoms with Gasteiger partial charge < -0.3 is 20.5 Å². The van der Waals surface area contributed by atoms with Crippen LogP contribution in [-0.4, -0.2) is 42.8 Å². The molecule has 3 N–H and O–H groups in total. The maximum absolute atomic E-state index is 11.5. The zero-order valence-electron chi connectivity index (χ0n) is 11.4. The first-order chi connectivity index (χ1) is 8.76. The van der Waals surface area contributed by atoms with E-state index in [1.807, 2.05) is 0 Å². The lowest BCUT2D eigenvalue weighted by Gasteiger charge is -2.14. The first-order valence-electron chi connectivity index (χ1n) is 6.10. The molecule has 0 heterocycles. The highest BCUT2D eigenvalue weighted by Gasteiger charge is 2.45. The van der Waals surface area contributed by atoms with E-state index in [-0.39, 0.29) is 5.41 Å². The predicted molar refractivity (Wildman–Crippen MR) is 66.5 cm³/mol. The fourth-order valence-electron chi connectivity index (χ4n) is 1.80. The molecule has 1 saturated carbocycles. The highest BCUT2D eigenvalue weighted by molar-refractivity contribution is 5.86. The molecule has 0 aliphatic heterocycles. The van der Waals surface area contributed by atoms with Crippen molar-refractivity contribution >= 4 is 18.0 Å². The molecule has 0 bridgehead atoms. The third-order valence-corrected chi connectivity index (χ3v) is 3.43. The maximum atomic E-state index is 11.5. The normalized spacial score (nSPS) is 21.1. The number of carboxylic acids is 1. The van der Waals surface area contributed by atoms with E-state index in [1.54, 1.807) is 0 Å². The van der Waals surface area contributed by atoms with Gasteiger partial charge in [0.2, 0.25) is 0 Å². The van der Waals surface area contributed by atoms with Crippen LogP contribution in [0.1, 0.15) is 26.7 Å². The Labute approximate surface area is 111 Å². The molecule has 2 atom stereocenters. The van der Waals surface area contributed by atoms with Gasteiger partial charge in [0.05, 0.1) is 13.5 Å². The summed E-state index contributed by atoms with van der Waals surface area (Å²) < 4.78 is 4.37. The van der Waals surface area contributed by atoms with E-state index in [9.17, 15) is 14.4 Å². The highest BCUT2D eigenvalue weighted by atomic mass is 16.5. The van der Waals surface area contributed by atoms with Crippen molar-refractivity contribution in [1.29, 1.82) is 0 Å². The number of amides is 2. The molecule has 7 nitrogen and oxygen atoms in total. The van der Waals surface area contributed by atoms with Gasteiger partial charge in [0.15, 0.2) is 0 Å². The first-order valence-corrected chi connectivity index (χ1v) is 6.10. The van der Waals surface area contributed by atoms with Gasteiger partial charge in [0, 0.05) is 6.54 Å². The number of aliphatic carboxylic acids is 1. The summed E-state index contributed by atoms with van der Waals surface area (Å²) in [5.74, 6) is -1.54. The van der Waals surface area contributed by atoms with Crippen LogP contribution < -0.4 is 10.6 Å². The van der Waals surface area contributed by atoms with Gasteiger partial charge in [0.1, 0.15) is 6.04 Å². The number of ether oxygens (including phenoxy) is 1. The Hall–Kier alpha value is -1.79. The molecule has 19 heavy (non-hydrogen) atoms. The molecule has 0 aromatic carbocycles. The minimum absolute atomic E-state index is 0.242. The number of hydrogen-bond donors (Lipinski definition) is 3. The Morgan fingerprint density at radius 3 is 2.42 bits per heavy atom. The molecule has 0 aromatic rings. The number of hydrogen-bond acceptors (Lipinski definition) is 4. The summed E-state index contributed by atoms with van der Waals surface area (Å²) in [5, 5.41) is 13.7. The molecule has 0 aromatic heterocycles. The molecule has 0 spiro atoms. The lowest BCUT2D eigenvalue weighted by Crippen LogP contribution is -2.47. The van der Waals surface area contributed by atoms with Crippen LogP contribution in [-0.2, 0) is 14.3 Å². The average molecular weight is 272 g/mol. The Balaban J connectivity index is 2.35. The van der Waals surface area contributed by atoms with E-state index in [4.69, 9.17) is 5.11 Å². The van der Waals surface area contributed by atoms with Crippen molar-refractivity contribution in [3.05, 3.63) is 0 Å². The van der Waals surface area contributed by atoms with Gasteiger partial charge in [-0.15, -0.1) is 0 Å². The van der Waals surface area contributed by atoms with Gasteiger partial charge in [-0.1, -0.05) is 13.8 Å². The number of carbonyl (C=O) groups is 3. The first kappa shape index (κ1) is 15.3. The Bertz CT molecular complexity index is 380. The van der Waals surface area contributed by atoms with Crippen LogP contribution in [0, 0.1) is 11.3 Å². The summed E-state index contributed by atoms with van der Waals surface area (Å²) >= 11 is 0. The molecule has 0 radical (unpaired) electrons. The van der Waals surface area contributed by atoms with E-state index < -0.39 is 30.4 Å². The molecule has 1 aliphatic carbocycles. The van der Waals surface area contributed by atoms with Crippen LogP contribution in [0.3, 0.4) is 0 Å². The average Bonchev–Trinajstić information content (AvgIpc) is 2.93. The molecule has 7 heteroatoms. The lowest BCUT2D eigenvalue weighted by molar-refractivity contribution is -0.147. The summed E-state index contributed by atoms with van der Waals surface area (Å²) in [5.41, 5.74) is 0.242. The second-order valence-corrected chi connectivity index (χ2v) is 5.42. The van der Waals surface area contributed by atoms with E-state index in [1.165, 1.54) is 0 Å². The second kappa shape index (κ2) is 5.90. The van der Waals surface area contributed by atoms with E-state index >= 15 is 0 Å². The molecular formula is C12H20N2O5. The monoisotopic (exact) mass is 272 g/mol. The van der Waals surface area contributed by atoms with E-state index in [2.05, 4.69) is 29.2 Å². The van der Waals surface area contributed by atoms with Crippen LogP contribution >= 0.6 is 0 Å². The predicted octanol–water partition coefficient (Wildman–Crippen LogP) is 0.348. The molecule has 2 amide bonds. The van der Waals surface area contributed by atoms with Crippen molar-refractivity contribution in [2.24, 2.45) is 11.3 Å². The van der Waals surface area contributed by atoms with Crippen molar-refractivity contribution in [2.75, 3.05) is 13.7 Å². The number of carbonyl (C=O) groups excluding carboxylic acids is 2. The molecule has 1 aliphatic rings. The largest absolute Gasteiger partial charge is 0.480 e. The van der Waals surface area contributed by atoms with Gasteiger partial charge in [-0.05, 0) is 17.8 Å². The molecule has 1 unspecified atom stereocenters. The van der Waals surface area contributed by atoms with Gasteiger partial charge >= 0.3 is 18.0 Å². The lowest BCUT2D eigenvalue weighted by atomic mass is 10.1. The van der Waals surface area contributed by atoms with Crippen LogP contribution in [0.25, 0.3) is 0 Å². The van der Waals surface area contributed by atoms with Gasteiger partial charge in [-0.3, -0.25) is 4.79 Å². The van der Waals surface area contributed by atoms with Gasteiger partial charge in [0.25, 0.3) is 0 Å². The van der Waals surface area contributed by atoms with Crippen LogP contribution in [0.5, 0.6) is 0 Å². The molecule has 1 rings (SSSR count). The van der Waals surface area contributed by atoms with Gasteiger partial charge in [-0.2, -0.15) is 0 Å². The van der Waals surface area contributed by atoms with Crippen LogP contribution in [0.4, 0.5) is 4.79 Å². The summed E-state index contributed by atoms with van der Waals surface area (Å²) in [4.78, 5) is 33.4. The topological polar surface area (TPSA) is 105 Å². The van der Waals surface area contributed by atoms with Crippen molar-refractivity contribution in [3.63, 3.8) is 0 Å². The number of rotatable bonds is 6. The van der Waals surface area contributed by atoms with Crippen molar-refractivity contribution in [3.8, 4) is 0 Å². The van der Waals surface area contributed by atoms with Crippen molar-refractivity contribution in [1.82, 2.24) is 10.6 Å². The fraction of sp³-hybridized carbons (Fsp3) is 0.750. The summed E-state index contributed by atoms with van der Waals surface area (Å²) in [6.07, 6.45) is 0.645. The number of urea groups is 1. The Morgan fingerprint density at radius 2 is 2.00 bits per heavy atom. The van der Waals surface area contributed by atoms with Gasteiger partial charge in [-0.25, -0.2) is 9.59 Å². The summed E-state index contributed by atoms with van der Waals surface area (Å²) in [6, 6.07) is -1.86. The van der Waals surface area contributed by atoms with E-state index in [0.29, 0.717) is 12.5 Å². The van der Waals surface area contributed by atoms with Crippen molar-refractivity contribution < 1.29 is 24.2 Å². The Morgan fingerprint density at radius 1 is 1.42 bits per heavy atom. The third kappa shape index (κ3) is 4.76. The number of nitrogens with one attached hydrogen (secondary N) is 2. The minimum atomic E-state index is -1.28. The molecule has 1 fully saturated rings. The minimum Gasteiger partial charge on any atom is -0.480 e. The molecule has 108 valence electrons. The SMILES string of the molecule is COC(=O)C[C@H](NC(=O)NCC1CC1(C)C)C(=O)O. The molecular weight excluding hydrogens is 252 g/mol. The maximum Gasteiger partial charge on any atom is 0.326 e. The zero-order chi connectivity index (χ0) is 14.6. The number of methoxy groups -OCH3 is 1. The van der Waals surface area contributed by atoms with Crippen LogP contribution in [0.15, 0.2) is 0 Å². The quantitative estimate of drug-likeness (QED) is 0.605.